The Morgan fingerprint density at radius 1 is 1.31 bits per heavy atom. The molecule has 0 aliphatic carbocycles. The monoisotopic (exact) mass is 229 g/mol. The summed E-state index contributed by atoms with van der Waals surface area (Å²) in [5.74, 6) is 0. The third kappa shape index (κ3) is 3.18. The number of carbonyl (C=O) groups excluding carboxylic acids is 1. The van der Waals surface area contributed by atoms with Gasteiger partial charge in [-0.3, -0.25) is 0 Å². The van der Waals surface area contributed by atoms with E-state index in [-0.39, 0.29) is 0 Å². The molecule has 0 radical (unpaired) electrons. The number of carbonyl (C=O) groups is 1. The van der Waals surface area contributed by atoms with Gasteiger partial charge in [0, 0.05) is 20.6 Å². The standard InChI is InChI=1S/C7H13N5O2.C2H6/c1-4-5-11-7(14)12(9-8-11)6(13)10(2)3;1-2/h4-5H2,1-3H3;1-2H3. The quantitative estimate of drug-likeness (QED) is 0.688. The summed E-state index contributed by atoms with van der Waals surface area (Å²) < 4.78 is 1.91. The zero-order chi connectivity index (χ0) is 12.7. The summed E-state index contributed by atoms with van der Waals surface area (Å²) in [6.45, 7) is 6.39. The fourth-order valence-electron chi connectivity index (χ4n) is 0.936. The van der Waals surface area contributed by atoms with Crippen LogP contribution in [0.3, 0.4) is 0 Å². The zero-order valence-corrected chi connectivity index (χ0v) is 10.5. The van der Waals surface area contributed by atoms with Crippen molar-refractivity contribution < 1.29 is 4.79 Å². The molecule has 16 heavy (non-hydrogen) atoms. The van der Waals surface area contributed by atoms with Crippen LogP contribution in [0.2, 0.25) is 0 Å². The fourth-order valence-corrected chi connectivity index (χ4v) is 0.936. The molecule has 1 heterocycles. The summed E-state index contributed by atoms with van der Waals surface area (Å²) in [6, 6.07) is -0.489. The third-order valence-electron chi connectivity index (χ3n) is 1.64. The van der Waals surface area contributed by atoms with Crippen molar-refractivity contribution >= 4 is 6.03 Å². The molecule has 1 amide bonds. The normalized spacial score (nSPS) is 9.31. The largest absolute Gasteiger partial charge is 0.372 e. The number of aromatic nitrogens is 4. The first kappa shape index (κ1) is 14.3. The second-order valence-corrected chi connectivity index (χ2v) is 3.07. The van der Waals surface area contributed by atoms with E-state index in [0.717, 1.165) is 11.1 Å². The molecule has 0 aliphatic rings. The van der Waals surface area contributed by atoms with Gasteiger partial charge >= 0.3 is 11.7 Å². The summed E-state index contributed by atoms with van der Waals surface area (Å²) >= 11 is 0. The van der Waals surface area contributed by atoms with Crippen LogP contribution in [0.5, 0.6) is 0 Å². The molecule has 0 saturated heterocycles. The molecule has 92 valence electrons. The lowest BCUT2D eigenvalue weighted by molar-refractivity contribution is 0.214. The van der Waals surface area contributed by atoms with Gasteiger partial charge in [0.2, 0.25) is 0 Å². The van der Waals surface area contributed by atoms with Gasteiger partial charge in [-0.1, -0.05) is 20.8 Å². The fraction of sp³-hybridized carbons (Fsp3) is 0.778. The number of tetrazole rings is 1. The number of amides is 1. The van der Waals surface area contributed by atoms with E-state index in [1.807, 2.05) is 20.8 Å². The van der Waals surface area contributed by atoms with Crippen LogP contribution in [0.15, 0.2) is 4.79 Å². The second-order valence-electron chi connectivity index (χ2n) is 3.07. The van der Waals surface area contributed by atoms with Crippen LogP contribution < -0.4 is 5.69 Å². The van der Waals surface area contributed by atoms with Crippen LogP contribution in [-0.2, 0) is 6.54 Å². The van der Waals surface area contributed by atoms with Crippen molar-refractivity contribution in [2.45, 2.75) is 33.7 Å². The summed E-state index contributed by atoms with van der Waals surface area (Å²) in [4.78, 5) is 24.1. The van der Waals surface area contributed by atoms with Gasteiger partial charge in [-0.25, -0.2) is 9.59 Å². The minimum Gasteiger partial charge on any atom is -0.329 e. The van der Waals surface area contributed by atoms with Crippen molar-refractivity contribution in [2.24, 2.45) is 0 Å². The lowest BCUT2D eigenvalue weighted by atomic mass is 10.5. The Balaban J connectivity index is 0.00000106. The van der Waals surface area contributed by atoms with Gasteiger partial charge in [0.25, 0.3) is 0 Å². The molecule has 0 saturated carbocycles. The van der Waals surface area contributed by atoms with Gasteiger partial charge < -0.3 is 4.90 Å². The molecule has 1 rings (SSSR count). The van der Waals surface area contributed by atoms with Crippen LogP contribution in [0.25, 0.3) is 0 Å². The molecular formula is C9H19N5O2. The van der Waals surface area contributed by atoms with Crippen LogP contribution in [0, 0.1) is 0 Å². The first-order chi connectivity index (χ1) is 7.57. The maximum absolute atomic E-state index is 11.5. The molecule has 7 heteroatoms. The van der Waals surface area contributed by atoms with E-state index in [1.54, 1.807) is 14.1 Å². The van der Waals surface area contributed by atoms with Gasteiger partial charge in [0.15, 0.2) is 0 Å². The van der Waals surface area contributed by atoms with Crippen molar-refractivity contribution in [1.82, 2.24) is 24.7 Å². The van der Waals surface area contributed by atoms with Crippen molar-refractivity contribution in [3.63, 3.8) is 0 Å². The van der Waals surface area contributed by atoms with E-state index < -0.39 is 11.7 Å². The van der Waals surface area contributed by atoms with Gasteiger partial charge in [0.05, 0.1) is 0 Å². The Bertz CT molecular complexity index is 379. The second kappa shape index (κ2) is 6.76. The summed E-state index contributed by atoms with van der Waals surface area (Å²) in [5.41, 5.74) is -0.495. The van der Waals surface area contributed by atoms with Crippen molar-refractivity contribution in [1.29, 1.82) is 0 Å². The topological polar surface area (TPSA) is 73.0 Å². The van der Waals surface area contributed by atoms with E-state index in [9.17, 15) is 9.59 Å². The predicted octanol–water partition coefficient (Wildman–Crippen LogP) is 0.406. The number of hydrogen-bond acceptors (Lipinski definition) is 4. The molecule has 0 atom stereocenters. The Morgan fingerprint density at radius 2 is 1.88 bits per heavy atom. The number of rotatable bonds is 2. The van der Waals surface area contributed by atoms with Crippen LogP contribution in [0.1, 0.15) is 27.2 Å². The van der Waals surface area contributed by atoms with Gasteiger partial charge in [-0.15, -0.1) is 4.68 Å². The molecule has 0 aromatic carbocycles. The molecule has 0 bridgehead atoms. The molecule has 1 aromatic rings. The Hall–Kier alpha value is -1.66. The van der Waals surface area contributed by atoms with Crippen molar-refractivity contribution in [3.05, 3.63) is 10.5 Å². The van der Waals surface area contributed by atoms with Crippen molar-refractivity contribution in [2.75, 3.05) is 14.1 Å². The Morgan fingerprint density at radius 3 is 2.31 bits per heavy atom. The minimum atomic E-state index is -0.495. The SMILES string of the molecule is CC.CCCn1nnn(C(=O)N(C)C)c1=O. The van der Waals surface area contributed by atoms with Gasteiger partial charge in [-0.2, -0.15) is 4.68 Å². The highest BCUT2D eigenvalue weighted by Gasteiger charge is 2.14. The molecule has 0 fully saturated rings. The van der Waals surface area contributed by atoms with E-state index >= 15 is 0 Å². The van der Waals surface area contributed by atoms with E-state index in [0.29, 0.717) is 6.54 Å². The third-order valence-corrected chi connectivity index (χ3v) is 1.64. The number of aryl methyl sites for hydroxylation is 1. The first-order valence-corrected chi connectivity index (χ1v) is 5.32. The van der Waals surface area contributed by atoms with Crippen molar-refractivity contribution in [3.8, 4) is 0 Å². The van der Waals surface area contributed by atoms with Crippen LogP contribution >= 0.6 is 0 Å². The first-order valence-electron chi connectivity index (χ1n) is 5.32. The van der Waals surface area contributed by atoms with Gasteiger partial charge in [-0.05, 0) is 16.8 Å². The average Bonchev–Trinajstić information content (AvgIpc) is 2.63. The molecule has 0 unspecified atom stereocenters. The van der Waals surface area contributed by atoms with E-state index in [1.165, 1.54) is 9.58 Å². The summed E-state index contributed by atoms with van der Waals surface area (Å²) in [5, 5.41) is 7.06. The number of hydrogen-bond donors (Lipinski definition) is 0. The Kier molecular flexibility index (Phi) is 6.06. The Labute approximate surface area is 94.6 Å². The molecule has 0 spiro atoms. The molecular weight excluding hydrogens is 210 g/mol. The van der Waals surface area contributed by atoms with E-state index in [4.69, 9.17) is 0 Å². The smallest absolute Gasteiger partial charge is 0.329 e. The average molecular weight is 229 g/mol. The molecule has 7 nitrogen and oxygen atoms in total. The van der Waals surface area contributed by atoms with Gasteiger partial charge in [0.1, 0.15) is 0 Å². The highest BCUT2D eigenvalue weighted by atomic mass is 16.2. The lowest BCUT2D eigenvalue weighted by Crippen LogP contribution is -2.37. The highest BCUT2D eigenvalue weighted by Crippen LogP contribution is 1.84. The molecule has 0 N–H and O–H groups in total. The summed E-state index contributed by atoms with van der Waals surface area (Å²) in [7, 11) is 3.10. The number of nitrogens with zero attached hydrogens (tertiary/aromatic N) is 5. The van der Waals surface area contributed by atoms with E-state index in [2.05, 4.69) is 10.4 Å². The lowest BCUT2D eigenvalue weighted by Gasteiger charge is -2.06. The highest BCUT2D eigenvalue weighted by molar-refractivity contribution is 5.74. The minimum absolute atomic E-state index is 0.472. The van der Waals surface area contributed by atoms with Crippen LogP contribution in [-0.4, -0.2) is 44.8 Å². The maximum atomic E-state index is 11.5. The predicted molar refractivity (Wildman–Crippen MR) is 60.4 cm³/mol. The molecule has 0 aliphatic heterocycles. The van der Waals surface area contributed by atoms with Crippen LogP contribution in [0.4, 0.5) is 4.79 Å². The maximum Gasteiger partial charge on any atom is 0.372 e. The molecule has 1 aromatic heterocycles. The zero-order valence-electron chi connectivity index (χ0n) is 10.5. The summed E-state index contributed by atoms with van der Waals surface area (Å²) in [6.07, 6.45) is 0.773.